The number of fused-ring (bicyclic) bond motifs is 1. The Morgan fingerprint density at radius 3 is 3.00 bits per heavy atom. The van der Waals surface area contributed by atoms with Gasteiger partial charge in [0.2, 0.25) is 0 Å². The highest BCUT2D eigenvalue weighted by Gasteiger charge is 2.32. The van der Waals surface area contributed by atoms with Crippen LogP contribution in [-0.2, 0) is 4.74 Å². The molecule has 2 aliphatic heterocycles. The van der Waals surface area contributed by atoms with Crippen molar-refractivity contribution in [1.29, 1.82) is 0 Å². The summed E-state index contributed by atoms with van der Waals surface area (Å²) in [6.45, 7) is 6.31. The van der Waals surface area contributed by atoms with E-state index in [1.54, 1.807) is 0 Å². The van der Waals surface area contributed by atoms with Gasteiger partial charge in [0.05, 0.1) is 19.3 Å². The van der Waals surface area contributed by atoms with Crippen molar-refractivity contribution in [2.75, 3.05) is 32.8 Å². The molecule has 0 aromatic heterocycles. The van der Waals surface area contributed by atoms with Gasteiger partial charge in [0, 0.05) is 24.7 Å². The maximum absolute atomic E-state index is 12.3. The Kier molecular flexibility index (Phi) is 6.10. The van der Waals surface area contributed by atoms with Gasteiger partial charge in [-0.15, -0.1) is 0 Å². The minimum absolute atomic E-state index is 0.0535. The summed E-state index contributed by atoms with van der Waals surface area (Å²) in [4.78, 5) is 14.8. The van der Waals surface area contributed by atoms with Crippen molar-refractivity contribution < 1.29 is 14.3 Å². The Morgan fingerprint density at radius 1 is 1.38 bits per heavy atom. The lowest BCUT2D eigenvalue weighted by Gasteiger charge is -2.35. The number of ether oxygens (including phenoxy) is 2. The minimum atomic E-state index is -0.0535. The van der Waals surface area contributed by atoms with E-state index in [9.17, 15) is 4.79 Å². The van der Waals surface area contributed by atoms with Crippen molar-refractivity contribution in [3.63, 3.8) is 0 Å². The minimum Gasteiger partial charge on any atom is -0.494 e. The van der Waals surface area contributed by atoms with Crippen LogP contribution in [0.1, 0.15) is 43.0 Å². The van der Waals surface area contributed by atoms with Gasteiger partial charge in [-0.25, -0.2) is 0 Å². The first-order chi connectivity index (χ1) is 11.8. The second-order valence-corrected chi connectivity index (χ2v) is 6.68. The van der Waals surface area contributed by atoms with Crippen LogP contribution >= 0.6 is 0 Å². The molecule has 2 fully saturated rings. The highest BCUT2D eigenvalue weighted by Crippen LogP contribution is 2.22. The Hall–Kier alpha value is -1.59. The highest BCUT2D eigenvalue weighted by molar-refractivity contribution is 5.94. The van der Waals surface area contributed by atoms with Gasteiger partial charge < -0.3 is 14.8 Å². The zero-order valence-electron chi connectivity index (χ0n) is 14.5. The van der Waals surface area contributed by atoms with Gasteiger partial charge in [-0.2, -0.15) is 0 Å². The number of hydrogen-bond donors (Lipinski definition) is 1. The third-order valence-corrected chi connectivity index (χ3v) is 4.83. The topological polar surface area (TPSA) is 50.8 Å². The molecule has 0 bridgehead atoms. The van der Waals surface area contributed by atoms with Crippen molar-refractivity contribution in [2.45, 2.75) is 44.8 Å². The summed E-state index contributed by atoms with van der Waals surface area (Å²) in [5.41, 5.74) is 0.660. The Bertz CT molecular complexity index is 532. The van der Waals surface area contributed by atoms with Gasteiger partial charge >= 0.3 is 0 Å². The lowest BCUT2D eigenvalue weighted by molar-refractivity contribution is -0.0461. The fraction of sp³-hybridized carbons (Fsp3) is 0.632. The van der Waals surface area contributed by atoms with E-state index in [0.717, 1.165) is 44.9 Å². The Morgan fingerprint density at radius 2 is 2.21 bits per heavy atom. The van der Waals surface area contributed by atoms with E-state index < -0.39 is 0 Å². The molecule has 5 heteroatoms. The van der Waals surface area contributed by atoms with E-state index in [1.165, 1.54) is 12.8 Å². The standard InChI is InChI=1S/C19H28N2O3/c1-2-3-11-23-17-8-6-15(7-9-17)19(22)20-12-18-13-21-10-4-5-16(21)14-24-18/h6-9,16,18H,2-5,10-14H2,1H3,(H,20,22). The van der Waals surface area contributed by atoms with Crippen LogP contribution in [-0.4, -0.2) is 55.8 Å². The average molecular weight is 332 g/mol. The lowest BCUT2D eigenvalue weighted by Crippen LogP contribution is -2.50. The normalized spacial score (nSPS) is 23.7. The number of hydrogen-bond acceptors (Lipinski definition) is 4. The largest absolute Gasteiger partial charge is 0.494 e. The number of benzene rings is 1. The van der Waals surface area contributed by atoms with E-state index in [4.69, 9.17) is 9.47 Å². The maximum atomic E-state index is 12.3. The number of morpholine rings is 1. The second-order valence-electron chi connectivity index (χ2n) is 6.68. The molecule has 2 aliphatic rings. The second kappa shape index (κ2) is 8.49. The number of unbranched alkanes of at least 4 members (excludes halogenated alkanes) is 1. The monoisotopic (exact) mass is 332 g/mol. The van der Waals surface area contributed by atoms with Gasteiger partial charge in [-0.3, -0.25) is 9.69 Å². The molecule has 3 rings (SSSR count). The smallest absolute Gasteiger partial charge is 0.251 e. The van der Waals surface area contributed by atoms with E-state index in [1.807, 2.05) is 24.3 Å². The Balaban J connectivity index is 1.43. The van der Waals surface area contributed by atoms with Crippen LogP contribution in [0.4, 0.5) is 0 Å². The summed E-state index contributed by atoms with van der Waals surface area (Å²) in [6.07, 6.45) is 4.76. The molecule has 1 aromatic carbocycles. The summed E-state index contributed by atoms with van der Waals surface area (Å²) in [5, 5.41) is 2.99. The summed E-state index contributed by atoms with van der Waals surface area (Å²) >= 11 is 0. The SMILES string of the molecule is CCCCOc1ccc(C(=O)NCC2CN3CCCC3CO2)cc1. The molecule has 24 heavy (non-hydrogen) atoms. The van der Waals surface area contributed by atoms with Gasteiger partial charge in [0.25, 0.3) is 5.91 Å². The van der Waals surface area contributed by atoms with Crippen LogP contribution in [0.2, 0.25) is 0 Å². The molecular formula is C19H28N2O3. The number of carbonyl (C=O) groups is 1. The van der Waals surface area contributed by atoms with Crippen molar-refractivity contribution in [1.82, 2.24) is 10.2 Å². The van der Waals surface area contributed by atoms with Crippen LogP contribution < -0.4 is 10.1 Å². The van der Waals surface area contributed by atoms with Crippen LogP contribution in [0.3, 0.4) is 0 Å². The quantitative estimate of drug-likeness (QED) is 0.779. The predicted molar refractivity (Wildman–Crippen MR) is 93.5 cm³/mol. The average Bonchev–Trinajstić information content (AvgIpc) is 3.08. The van der Waals surface area contributed by atoms with E-state index in [2.05, 4.69) is 17.1 Å². The molecule has 2 unspecified atom stereocenters. The summed E-state index contributed by atoms with van der Waals surface area (Å²) in [5.74, 6) is 0.762. The van der Waals surface area contributed by atoms with Crippen molar-refractivity contribution in [3.05, 3.63) is 29.8 Å². The molecular weight excluding hydrogens is 304 g/mol. The zero-order valence-corrected chi connectivity index (χ0v) is 14.5. The van der Waals surface area contributed by atoms with Crippen molar-refractivity contribution >= 4 is 5.91 Å². The molecule has 2 saturated heterocycles. The van der Waals surface area contributed by atoms with Crippen LogP contribution in [0.15, 0.2) is 24.3 Å². The first-order valence-corrected chi connectivity index (χ1v) is 9.13. The van der Waals surface area contributed by atoms with Crippen LogP contribution in [0.5, 0.6) is 5.75 Å². The lowest BCUT2D eigenvalue weighted by atomic mass is 10.1. The Labute approximate surface area is 144 Å². The third kappa shape index (κ3) is 4.48. The maximum Gasteiger partial charge on any atom is 0.251 e. The number of nitrogens with zero attached hydrogens (tertiary/aromatic N) is 1. The van der Waals surface area contributed by atoms with E-state index in [0.29, 0.717) is 18.2 Å². The molecule has 0 spiro atoms. The molecule has 0 radical (unpaired) electrons. The van der Waals surface area contributed by atoms with Crippen LogP contribution in [0, 0.1) is 0 Å². The summed E-state index contributed by atoms with van der Waals surface area (Å²) in [6, 6.07) is 7.94. The van der Waals surface area contributed by atoms with Gasteiger partial charge in [0.1, 0.15) is 5.75 Å². The zero-order chi connectivity index (χ0) is 16.8. The molecule has 1 amide bonds. The van der Waals surface area contributed by atoms with Gasteiger partial charge in [0.15, 0.2) is 0 Å². The molecule has 2 heterocycles. The van der Waals surface area contributed by atoms with E-state index in [-0.39, 0.29) is 12.0 Å². The number of carbonyl (C=O) groups excluding carboxylic acids is 1. The number of nitrogens with one attached hydrogen (secondary N) is 1. The molecule has 0 saturated carbocycles. The molecule has 1 aromatic rings. The molecule has 5 nitrogen and oxygen atoms in total. The number of amides is 1. The van der Waals surface area contributed by atoms with Crippen molar-refractivity contribution in [3.8, 4) is 5.75 Å². The fourth-order valence-electron chi connectivity index (χ4n) is 3.35. The highest BCUT2D eigenvalue weighted by atomic mass is 16.5. The first kappa shape index (κ1) is 17.2. The van der Waals surface area contributed by atoms with E-state index >= 15 is 0 Å². The number of rotatable bonds is 7. The third-order valence-electron chi connectivity index (χ3n) is 4.83. The van der Waals surface area contributed by atoms with Crippen LogP contribution in [0.25, 0.3) is 0 Å². The van der Waals surface area contributed by atoms with Gasteiger partial charge in [-0.05, 0) is 50.1 Å². The fourth-order valence-corrected chi connectivity index (χ4v) is 3.35. The molecule has 2 atom stereocenters. The summed E-state index contributed by atoms with van der Waals surface area (Å²) < 4.78 is 11.5. The van der Waals surface area contributed by atoms with Gasteiger partial charge in [-0.1, -0.05) is 13.3 Å². The van der Waals surface area contributed by atoms with Crippen molar-refractivity contribution in [2.24, 2.45) is 0 Å². The molecule has 0 aliphatic carbocycles. The summed E-state index contributed by atoms with van der Waals surface area (Å²) in [7, 11) is 0. The molecule has 1 N–H and O–H groups in total. The predicted octanol–water partition coefficient (Wildman–Crippen LogP) is 2.46. The molecule has 132 valence electrons. The first-order valence-electron chi connectivity index (χ1n) is 9.13.